The predicted molar refractivity (Wildman–Crippen MR) is 54.3 cm³/mol. The van der Waals surface area contributed by atoms with E-state index in [2.05, 4.69) is 0 Å². The summed E-state index contributed by atoms with van der Waals surface area (Å²) in [5, 5.41) is 0.0676. The Balaban J connectivity index is 3.41. The normalized spacial score (nSPS) is 13.0. The van der Waals surface area contributed by atoms with Gasteiger partial charge in [-0.3, -0.25) is 0 Å². The minimum absolute atomic E-state index is 0.0676. The van der Waals surface area contributed by atoms with Gasteiger partial charge in [-0.15, -0.1) is 0 Å². The van der Waals surface area contributed by atoms with Gasteiger partial charge in [0.1, 0.15) is 0 Å². The Morgan fingerprint density at radius 2 is 1.44 bits per heavy atom. The molecule has 6 heteroatoms. The number of alkyl halides is 3. The predicted octanol–water partition coefficient (Wildman–Crippen LogP) is 3.53. The average Bonchev–Trinajstić information content (AvgIpc) is 2.05. The largest absolute Gasteiger partial charge is 0.419 e. The Bertz CT molecular complexity index is 364. The van der Waals surface area contributed by atoms with Crippen molar-refractivity contribution in [2.45, 2.75) is 25.8 Å². The van der Waals surface area contributed by atoms with Crippen molar-refractivity contribution in [1.82, 2.24) is 0 Å². The molecule has 0 saturated heterocycles. The summed E-state index contributed by atoms with van der Waals surface area (Å²) in [6.45, 7) is 5.20. The summed E-state index contributed by atoms with van der Waals surface area (Å²) in [7, 11) is -2.17. The Morgan fingerprint density at radius 1 is 0.938 bits per heavy atom. The van der Waals surface area contributed by atoms with E-state index in [-0.39, 0.29) is 5.19 Å². The van der Waals surface area contributed by atoms with Crippen LogP contribution < -0.4 is 5.19 Å². The zero-order chi connectivity index (χ0) is 12.7. The molecule has 1 aromatic rings. The summed E-state index contributed by atoms with van der Waals surface area (Å²) in [4.78, 5) is 0. The molecule has 0 heterocycles. The van der Waals surface area contributed by atoms with Crippen molar-refractivity contribution >= 4 is 13.3 Å². The van der Waals surface area contributed by atoms with Crippen LogP contribution in [0, 0.1) is 11.6 Å². The molecule has 0 spiro atoms. The van der Waals surface area contributed by atoms with E-state index in [9.17, 15) is 22.0 Å². The molecule has 0 radical (unpaired) electrons. The van der Waals surface area contributed by atoms with Crippen molar-refractivity contribution in [3.05, 3.63) is 29.3 Å². The molecule has 0 aromatic heterocycles. The van der Waals surface area contributed by atoms with Crippen LogP contribution >= 0.6 is 0 Å². The van der Waals surface area contributed by atoms with E-state index in [1.807, 2.05) is 0 Å². The maximum Gasteiger partial charge on any atom is 0.419 e. The molecule has 0 nitrogen and oxygen atoms in total. The van der Waals surface area contributed by atoms with E-state index in [0.29, 0.717) is 6.07 Å². The molecular formula is C10H11F5Si. The monoisotopic (exact) mass is 254 g/mol. The molecule has 0 atom stereocenters. The van der Waals surface area contributed by atoms with E-state index in [4.69, 9.17) is 0 Å². The van der Waals surface area contributed by atoms with Crippen LogP contribution in [-0.4, -0.2) is 8.07 Å². The number of rotatable bonds is 1. The molecule has 0 amide bonds. The van der Waals surface area contributed by atoms with E-state index in [1.54, 1.807) is 19.6 Å². The highest BCUT2D eigenvalue weighted by Gasteiger charge is 2.37. The Morgan fingerprint density at radius 3 is 1.81 bits per heavy atom. The average molecular weight is 254 g/mol. The first-order valence-corrected chi connectivity index (χ1v) is 8.11. The van der Waals surface area contributed by atoms with Gasteiger partial charge in [-0.1, -0.05) is 25.7 Å². The topological polar surface area (TPSA) is 0 Å². The van der Waals surface area contributed by atoms with Crippen LogP contribution in [0.5, 0.6) is 0 Å². The van der Waals surface area contributed by atoms with E-state index >= 15 is 0 Å². The van der Waals surface area contributed by atoms with Gasteiger partial charge in [0, 0.05) is 0 Å². The second-order valence-corrected chi connectivity index (χ2v) is 9.58. The fraction of sp³-hybridized carbons (Fsp3) is 0.400. The summed E-state index contributed by atoms with van der Waals surface area (Å²) in [5.74, 6) is -3.17. The maximum absolute atomic E-state index is 13.4. The summed E-state index contributed by atoms with van der Waals surface area (Å²) in [6.07, 6.45) is -4.86. The standard InChI is InChI=1S/C10H11F5Si/c1-16(2,3)7-5-4-6(10(13,14)15)8(11)9(7)12/h4-5H,1-3H3. The Hall–Kier alpha value is -0.913. The van der Waals surface area contributed by atoms with Crippen molar-refractivity contribution in [3.8, 4) is 0 Å². The molecule has 0 N–H and O–H groups in total. The minimum Gasteiger partial charge on any atom is -0.204 e. The number of halogens is 5. The minimum atomic E-state index is -4.86. The van der Waals surface area contributed by atoms with Gasteiger partial charge in [-0.2, -0.15) is 13.2 Å². The molecular weight excluding hydrogens is 243 g/mol. The third-order valence-electron chi connectivity index (χ3n) is 2.20. The lowest BCUT2D eigenvalue weighted by Gasteiger charge is -2.19. The molecule has 0 saturated carbocycles. The van der Waals surface area contributed by atoms with Crippen LogP contribution in [0.4, 0.5) is 22.0 Å². The van der Waals surface area contributed by atoms with Crippen LogP contribution in [0.2, 0.25) is 19.6 Å². The highest BCUT2D eigenvalue weighted by atomic mass is 28.3. The van der Waals surface area contributed by atoms with Crippen LogP contribution in [0.3, 0.4) is 0 Å². The van der Waals surface area contributed by atoms with Crippen LogP contribution in [0.25, 0.3) is 0 Å². The Labute approximate surface area is 91.1 Å². The molecule has 0 unspecified atom stereocenters. The van der Waals surface area contributed by atoms with Crippen molar-refractivity contribution in [2.75, 3.05) is 0 Å². The number of hydrogen-bond acceptors (Lipinski definition) is 0. The van der Waals surface area contributed by atoms with Gasteiger partial charge in [0.15, 0.2) is 11.6 Å². The van der Waals surface area contributed by atoms with Gasteiger partial charge in [0.2, 0.25) is 0 Å². The van der Waals surface area contributed by atoms with Crippen LogP contribution in [0.15, 0.2) is 12.1 Å². The van der Waals surface area contributed by atoms with Crippen molar-refractivity contribution < 1.29 is 22.0 Å². The highest BCUT2D eigenvalue weighted by molar-refractivity contribution is 6.88. The lowest BCUT2D eigenvalue weighted by molar-refractivity contribution is -0.140. The number of benzene rings is 1. The maximum atomic E-state index is 13.4. The molecule has 0 aliphatic rings. The Kier molecular flexibility index (Phi) is 3.15. The lowest BCUT2D eigenvalue weighted by atomic mass is 10.2. The quantitative estimate of drug-likeness (QED) is 0.531. The molecule has 1 rings (SSSR count). The fourth-order valence-corrected chi connectivity index (χ4v) is 2.70. The summed E-state index contributed by atoms with van der Waals surface area (Å²) >= 11 is 0. The van der Waals surface area contributed by atoms with Crippen molar-refractivity contribution in [3.63, 3.8) is 0 Å². The molecule has 1 aromatic carbocycles. The highest BCUT2D eigenvalue weighted by Crippen LogP contribution is 2.31. The first-order chi connectivity index (χ1) is 7.05. The van der Waals surface area contributed by atoms with E-state index in [0.717, 1.165) is 6.07 Å². The molecule has 0 bridgehead atoms. The van der Waals surface area contributed by atoms with E-state index < -0.39 is 31.4 Å². The first kappa shape index (κ1) is 13.2. The van der Waals surface area contributed by atoms with Crippen LogP contribution in [-0.2, 0) is 6.18 Å². The zero-order valence-corrected chi connectivity index (χ0v) is 10.0. The molecule has 16 heavy (non-hydrogen) atoms. The van der Waals surface area contributed by atoms with Gasteiger partial charge >= 0.3 is 6.18 Å². The third kappa shape index (κ3) is 2.42. The van der Waals surface area contributed by atoms with Gasteiger partial charge in [0.05, 0.1) is 13.6 Å². The van der Waals surface area contributed by atoms with Gasteiger partial charge in [-0.05, 0) is 11.3 Å². The second kappa shape index (κ2) is 3.83. The molecule has 0 fully saturated rings. The van der Waals surface area contributed by atoms with Gasteiger partial charge in [-0.25, -0.2) is 8.78 Å². The summed E-state index contributed by atoms with van der Waals surface area (Å²) in [5.41, 5.74) is -1.55. The fourth-order valence-electron chi connectivity index (χ4n) is 1.35. The second-order valence-electron chi connectivity index (χ2n) is 4.54. The smallest absolute Gasteiger partial charge is 0.204 e. The van der Waals surface area contributed by atoms with Crippen LogP contribution in [0.1, 0.15) is 5.56 Å². The van der Waals surface area contributed by atoms with E-state index in [1.165, 1.54) is 0 Å². The van der Waals surface area contributed by atoms with Gasteiger partial charge < -0.3 is 0 Å². The number of hydrogen-bond donors (Lipinski definition) is 0. The first-order valence-electron chi connectivity index (χ1n) is 4.61. The molecule has 90 valence electrons. The van der Waals surface area contributed by atoms with Gasteiger partial charge in [0.25, 0.3) is 0 Å². The van der Waals surface area contributed by atoms with Crippen molar-refractivity contribution in [2.24, 2.45) is 0 Å². The van der Waals surface area contributed by atoms with Crippen molar-refractivity contribution in [1.29, 1.82) is 0 Å². The summed E-state index contributed by atoms with van der Waals surface area (Å²) < 4.78 is 63.4. The third-order valence-corrected chi connectivity index (χ3v) is 4.20. The lowest BCUT2D eigenvalue weighted by Crippen LogP contribution is -2.41. The summed E-state index contributed by atoms with van der Waals surface area (Å²) in [6, 6.07) is 1.64. The molecule has 0 aliphatic carbocycles. The zero-order valence-electron chi connectivity index (χ0n) is 9.04. The SMILES string of the molecule is C[Si](C)(C)c1ccc(C(F)(F)F)c(F)c1F. The molecule has 0 aliphatic heterocycles.